The minimum atomic E-state index is -0.347. The molecule has 18 heavy (non-hydrogen) atoms. The molecule has 4 nitrogen and oxygen atoms in total. The zero-order valence-corrected chi connectivity index (χ0v) is 10.8. The monoisotopic (exact) mass is 245 g/mol. The van der Waals surface area contributed by atoms with Crippen molar-refractivity contribution in [3.63, 3.8) is 0 Å². The van der Waals surface area contributed by atoms with Crippen molar-refractivity contribution in [2.45, 2.75) is 19.0 Å². The zero-order valence-electron chi connectivity index (χ0n) is 10.8. The molecule has 1 aromatic heterocycles. The third kappa shape index (κ3) is 2.78. The third-order valence-electron chi connectivity index (χ3n) is 3.20. The number of aliphatic hydroxyl groups is 1. The fraction of sp³-hybridized carbons (Fsp3) is 0.357. The van der Waals surface area contributed by atoms with Gasteiger partial charge in [-0.25, -0.2) is 0 Å². The summed E-state index contributed by atoms with van der Waals surface area (Å²) in [5.41, 5.74) is 1.89. The van der Waals surface area contributed by atoms with E-state index in [2.05, 4.69) is 22.5 Å². The number of likely N-dealkylation sites (N-methyl/N-ethyl adjacent to an activating group) is 1. The van der Waals surface area contributed by atoms with Gasteiger partial charge in [0.15, 0.2) is 0 Å². The van der Waals surface area contributed by atoms with E-state index >= 15 is 0 Å². The molecule has 0 aliphatic rings. The van der Waals surface area contributed by atoms with Crippen LogP contribution in [0.4, 0.5) is 0 Å². The van der Waals surface area contributed by atoms with Crippen molar-refractivity contribution in [2.75, 3.05) is 13.7 Å². The summed E-state index contributed by atoms with van der Waals surface area (Å²) in [7, 11) is 1.85. The van der Waals surface area contributed by atoms with Crippen LogP contribution in [0.2, 0.25) is 0 Å². The van der Waals surface area contributed by atoms with E-state index < -0.39 is 0 Å². The van der Waals surface area contributed by atoms with Crippen LogP contribution in [0, 0.1) is 0 Å². The Morgan fingerprint density at radius 1 is 1.28 bits per heavy atom. The van der Waals surface area contributed by atoms with Crippen LogP contribution in [0.25, 0.3) is 11.1 Å². The second-order valence-corrected chi connectivity index (χ2v) is 4.76. The van der Waals surface area contributed by atoms with Gasteiger partial charge < -0.3 is 10.4 Å². The summed E-state index contributed by atoms with van der Waals surface area (Å²) in [6.07, 6.45) is 3.85. The normalized spacial score (nSPS) is 14.4. The summed E-state index contributed by atoms with van der Waals surface area (Å²) < 4.78 is 1.86. The molecule has 1 aromatic carbocycles. The average molecular weight is 245 g/mol. The van der Waals surface area contributed by atoms with E-state index in [9.17, 15) is 5.11 Å². The summed E-state index contributed by atoms with van der Waals surface area (Å²) in [5, 5.41) is 16.8. The number of aromatic nitrogens is 2. The lowest BCUT2D eigenvalue weighted by Gasteiger charge is -2.26. The van der Waals surface area contributed by atoms with Crippen molar-refractivity contribution in [3.05, 3.63) is 42.7 Å². The summed E-state index contributed by atoms with van der Waals surface area (Å²) in [6.45, 7) is 2.67. The van der Waals surface area contributed by atoms with Gasteiger partial charge in [-0.05, 0) is 19.5 Å². The molecule has 96 valence electrons. The summed E-state index contributed by atoms with van der Waals surface area (Å²) in [5.74, 6) is 0. The van der Waals surface area contributed by atoms with Crippen molar-refractivity contribution in [1.29, 1.82) is 0 Å². The van der Waals surface area contributed by atoms with Gasteiger partial charge in [0, 0.05) is 11.8 Å². The first-order valence-corrected chi connectivity index (χ1v) is 6.04. The standard InChI is InChI=1S/C14H19N3O/c1-14(11-18,15-2)10-17-9-13(8-16-17)12-6-4-3-5-7-12/h3-9,15,18H,10-11H2,1-2H3. The molecule has 0 spiro atoms. The minimum Gasteiger partial charge on any atom is -0.394 e. The van der Waals surface area contributed by atoms with Crippen molar-refractivity contribution < 1.29 is 5.11 Å². The summed E-state index contributed by atoms with van der Waals surface area (Å²) in [4.78, 5) is 0. The maximum atomic E-state index is 9.37. The van der Waals surface area contributed by atoms with Gasteiger partial charge in [0.25, 0.3) is 0 Å². The van der Waals surface area contributed by atoms with E-state index in [0.717, 1.165) is 11.1 Å². The highest BCUT2D eigenvalue weighted by Crippen LogP contribution is 2.18. The van der Waals surface area contributed by atoms with Crippen molar-refractivity contribution >= 4 is 0 Å². The SMILES string of the molecule is CNC(C)(CO)Cn1cc(-c2ccccc2)cn1. The lowest BCUT2D eigenvalue weighted by Crippen LogP contribution is -2.47. The fourth-order valence-corrected chi connectivity index (χ4v) is 1.80. The molecular weight excluding hydrogens is 226 g/mol. The molecule has 4 heteroatoms. The van der Waals surface area contributed by atoms with Crippen LogP contribution in [-0.4, -0.2) is 34.1 Å². The first-order valence-electron chi connectivity index (χ1n) is 6.04. The third-order valence-corrected chi connectivity index (χ3v) is 3.20. The van der Waals surface area contributed by atoms with Gasteiger partial charge in [0.05, 0.1) is 24.9 Å². The number of rotatable bonds is 5. The minimum absolute atomic E-state index is 0.0734. The fourth-order valence-electron chi connectivity index (χ4n) is 1.80. The molecule has 0 aliphatic heterocycles. The second kappa shape index (κ2) is 5.33. The van der Waals surface area contributed by atoms with E-state index in [0.29, 0.717) is 6.54 Å². The first-order chi connectivity index (χ1) is 8.67. The first kappa shape index (κ1) is 12.8. The van der Waals surface area contributed by atoms with Crippen LogP contribution < -0.4 is 5.32 Å². The Labute approximate surface area is 107 Å². The molecular formula is C14H19N3O. The van der Waals surface area contributed by atoms with E-state index in [1.807, 2.05) is 49.2 Å². The van der Waals surface area contributed by atoms with E-state index in [-0.39, 0.29) is 12.1 Å². The van der Waals surface area contributed by atoms with E-state index in [1.165, 1.54) is 0 Å². The molecule has 1 atom stereocenters. The Bertz CT molecular complexity index is 489. The van der Waals surface area contributed by atoms with Crippen LogP contribution in [0.3, 0.4) is 0 Å². The molecule has 0 amide bonds. The largest absolute Gasteiger partial charge is 0.394 e. The average Bonchev–Trinajstić information content (AvgIpc) is 2.88. The van der Waals surface area contributed by atoms with Gasteiger partial charge >= 0.3 is 0 Å². The maximum Gasteiger partial charge on any atom is 0.0628 e. The molecule has 2 N–H and O–H groups in total. The Kier molecular flexibility index (Phi) is 3.79. The molecule has 2 aromatic rings. The lowest BCUT2D eigenvalue weighted by atomic mass is 10.0. The highest BCUT2D eigenvalue weighted by atomic mass is 16.3. The topological polar surface area (TPSA) is 50.1 Å². The van der Waals surface area contributed by atoms with Gasteiger partial charge in [0.2, 0.25) is 0 Å². The van der Waals surface area contributed by atoms with Gasteiger partial charge in [-0.15, -0.1) is 0 Å². The highest BCUT2D eigenvalue weighted by Gasteiger charge is 2.21. The number of benzene rings is 1. The second-order valence-electron chi connectivity index (χ2n) is 4.76. The summed E-state index contributed by atoms with van der Waals surface area (Å²) >= 11 is 0. The number of aliphatic hydroxyl groups excluding tert-OH is 1. The number of hydrogen-bond donors (Lipinski definition) is 2. The Morgan fingerprint density at radius 3 is 2.61 bits per heavy atom. The van der Waals surface area contributed by atoms with Crippen molar-refractivity contribution in [2.24, 2.45) is 0 Å². The maximum absolute atomic E-state index is 9.37. The Hall–Kier alpha value is -1.65. The molecule has 1 unspecified atom stereocenters. The van der Waals surface area contributed by atoms with Gasteiger partial charge in [-0.3, -0.25) is 4.68 Å². The predicted molar refractivity (Wildman–Crippen MR) is 72.2 cm³/mol. The van der Waals surface area contributed by atoms with Crippen molar-refractivity contribution in [3.8, 4) is 11.1 Å². The van der Waals surface area contributed by atoms with Gasteiger partial charge in [-0.1, -0.05) is 30.3 Å². The van der Waals surface area contributed by atoms with Crippen LogP contribution >= 0.6 is 0 Å². The number of hydrogen-bond acceptors (Lipinski definition) is 3. The van der Waals surface area contributed by atoms with E-state index in [1.54, 1.807) is 0 Å². The van der Waals surface area contributed by atoms with Gasteiger partial charge in [0.1, 0.15) is 0 Å². The van der Waals surface area contributed by atoms with Gasteiger partial charge in [-0.2, -0.15) is 5.10 Å². The molecule has 0 saturated heterocycles. The number of nitrogens with one attached hydrogen (secondary N) is 1. The molecule has 0 fully saturated rings. The smallest absolute Gasteiger partial charge is 0.0628 e. The van der Waals surface area contributed by atoms with E-state index in [4.69, 9.17) is 0 Å². The molecule has 0 aliphatic carbocycles. The van der Waals surface area contributed by atoms with Crippen LogP contribution in [0.5, 0.6) is 0 Å². The Balaban J connectivity index is 2.16. The Morgan fingerprint density at radius 2 is 2.00 bits per heavy atom. The number of nitrogens with zero attached hydrogens (tertiary/aromatic N) is 2. The molecule has 0 radical (unpaired) electrons. The molecule has 2 rings (SSSR count). The molecule has 0 bridgehead atoms. The molecule has 0 saturated carbocycles. The predicted octanol–water partition coefficient (Wildman–Crippen LogP) is 1.52. The molecule has 1 heterocycles. The van der Waals surface area contributed by atoms with Crippen molar-refractivity contribution in [1.82, 2.24) is 15.1 Å². The van der Waals surface area contributed by atoms with Crippen LogP contribution in [0.15, 0.2) is 42.7 Å². The van der Waals surface area contributed by atoms with Crippen LogP contribution in [-0.2, 0) is 6.54 Å². The van der Waals surface area contributed by atoms with Crippen LogP contribution in [0.1, 0.15) is 6.92 Å². The summed E-state index contributed by atoms with van der Waals surface area (Å²) in [6, 6.07) is 10.1. The quantitative estimate of drug-likeness (QED) is 0.839. The zero-order chi connectivity index (χ0) is 13.0. The highest BCUT2D eigenvalue weighted by molar-refractivity contribution is 5.61. The lowest BCUT2D eigenvalue weighted by molar-refractivity contribution is 0.161.